The molecule has 0 bridgehead atoms. The molecule has 1 aliphatic rings. The maximum Gasteiger partial charge on any atom is 0.264 e. The minimum atomic E-state index is -3.58. The summed E-state index contributed by atoms with van der Waals surface area (Å²) in [6.07, 6.45) is -0.775. The van der Waals surface area contributed by atoms with Crippen LogP contribution >= 0.6 is 0 Å². The van der Waals surface area contributed by atoms with E-state index in [0.29, 0.717) is 6.29 Å². The molecule has 6 nitrogen and oxygen atoms in total. The summed E-state index contributed by atoms with van der Waals surface area (Å²) >= 11 is 0. The molecule has 1 rings (SSSR count). The quantitative estimate of drug-likeness (QED) is 0.520. The van der Waals surface area contributed by atoms with Gasteiger partial charge < -0.3 is 14.3 Å². The van der Waals surface area contributed by atoms with E-state index in [9.17, 15) is 13.2 Å². The van der Waals surface area contributed by atoms with Gasteiger partial charge in [0.2, 0.25) is 0 Å². The molecule has 0 N–H and O–H groups in total. The third-order valence-corrected chi connectivity index (χ3v) is 2.74. The maximum atomic E-state index is 10.9. The first-order valence-corrected chi connectivity index (χ1v) is 6.65. The molecule has 94 valence electrons. The third kappa shape index (κ3) is 3.51. The van der Waals surface area contributed by atoms with E-state index in [1.807, 2.05) is 0 Å². The molecule has 1 heterocycles. The Balaban J connectivity index is 2.76. The summed E-state index contributed by atoms with van der Waals surface area (Å²) < 4.78 is 37.3. The third-order valence-electron chi connectivity index (χ3n) is 2.09. The second kappa shape index (κ2) is 4.40. The van der Waals surface area contributed by atoms with Gasteiger partial charge in [0.05, 0.1) is 6.26 Å². The number of hydrogen-bond donors (Lipinski definition) is 0. The number of ether oxygens (including phenoxy) is 2. The molecule has 7 heteroatoms. The van der Waals surface area contributed by atoms with Gasteiger partial charge in [-0.2, -0.15) is 8.42 Å². The van der Waals surface area contributed by atoms with Crippen LogP contribution in [0, 0.1) is 0 Å². The van der Waals surface area contributed by atoms with Crippen LogP contribution in [0.25, 0.3) is 0 Å². The summed E-state index contributed by atoms with van der Waals surface area (Å²) in [5, 5.41) is 0. The first-order chi connectivity index (χ1) is 7.14. The van der Waals surface area contributed by atoms with Crippen LogP contribution < -0.4 is 0 Å². The van der Waals surface area contributed by atoms with Gasteiger partial charge in [0.15, 0.2) is 12.1 Å². The summed E-state index contributed by atoms with van der Waals surface area (Å²) in [4.78, 5) is 10.8. The Bertz CT molecular complexity index is 360. The Labute approximate surface area is 95.0 Å². The number of rotatable bonds is 4. The molecule has 0 aromatic carbocycles. The predicted molar refractivity (Wildman–Crippen MR) is 55.3 cm³/mol. The highest BCUT2D eigenvalue weighted by Crippen LogP contribution is 2.30. The molecule has 1 unspecified atom stereocenters. The normalized spacial score (nSPS) is 31.2. The lowest BCUT2D eigenvalue weighted by Crippen LogP contribution is -2.37. The number of hydrogen-bond acceptors (Lipinski definition) is 6. The summed E-state index contributed by atoms with van der Waals surface area (Å²) in [6, 6.07) is 0. The molecular weight excluding hydrogens is 236 g/mol. The van der Waals surface area contributed by atoms with E-state index in [-0.39, 0.29) is 0 Å². The average molecular weight is 252 g/mol. The van der Waals surface area contributed by atoms with E-state index in [1.54, 1.807) is 13.8 Å². The molecule has 0 radical (unpaired) electrons. The molecule has 0 saturated carbocycles. The molecule has 1 saturated heterocycles. The minimum Gasteiger partial charge on any atom is -0.341 e. The van der Waals surface area contributed by atoms with Crippen LogP contribution in [0.3, 0.4) is 0 Å². The fourth-order valence-corrected chi connectivity index (χ4v) is 2.28. The van der Waals surface area contributed by atoms with Crippen LogP contribution in [0.4, 0.5) is 0 Å². The van der Waals surface area contributed by atoms with Crippen molar-refractivity contribution < 1.29 is 26.9 Å². The number of carbonyl (C=O) groups is 1. The van der Waals surface area contributed by atoms with E-state index in [2.05, 4.69) is 0 Å². The van der Waals surface area contributed by atoms with Gasteiger partial charge in [-0.05, 0) is 20.8 Å². The maximum absolute atomic E-state index is 10.9. The Morgan fingerprint density at radius 3 is 2.38 bits per heavy atom. The van der Waals surface area contributed by atoms with Crippen molar-refractivity contribution in [1.82, 2.24) is 0 Å². The molecule has 16 heavy (non-hydrogen) atoms. The lowest BCUT2D eigenvalue weighted by Gasteiger charge is -2.20. The van der Waals surface area contributed by atoms with Crippen molar-refractivity contribution in [3.05, 3.63) is 0 Å². The molecule has 0 aromatic rings. The molecule has 1 aliphatic heterocycles. The van der Waals surface area contributed by atoms with Gasteiger partial charge >= 0.3 is 0 Å². The zero-order chi connectivity index (χ0) is 12.6. The summed E-state index contributed by atoms with van der Waals surface area (Å²) in [5.41, 5.74) is 0. The highest BCUT2D eigenvalue weighted by molar-refractivity contribution is 7.86. The van der Waals surface area contributed by atoms with E-state index in [0.717, 1.165) is 6.26 Å². The smallest absolute Gasteiger partial charge is 0.264 e. The minimum absolute atomic E-state index is 0.585. The zero-order valence-electron chi connectivity index (χ0n) is 9.67. The largest absolute Gasteiger partial charge is 0.341 e. The fraction of sp³-hybridized carbons (Fsp3) is 0.889. The topological polar surface area (TPSA) is 78.9 Å². The summed E-state index contributed by atoms with van der Waals surface area (Å²) in [5.74, 6) is -0.911. The monoisotopic (exact) mass is 252 g/mol. The Hall–Kier alpha value is -0.500. The van der Waals surface area contributed by atoms with Crippen molar-refractivity contribution in [3.63, 3.8) is 0 Å². The first-order valence-electron chi connectivity index (χ1n) is 4.84. The standard InChI is InChI=1S/C9H16O6S/c1-6(15-16(4,11)12)8-7(5-10)13-9(2,3)14-8/h5-8H,1-4H3/t6?,7-,8+/m0/s1. The van der Waals surface area contributed by atoms with Crippen LogP contribution in [0.15, 0.2) is 0 Å². The van der Waals surface area contributed by atoms with E-state index < -0.39 is 34.2 Å². The first kappa shape index (κ1) is 13.6. The molecule has 0 spiro atoms. The molecule has 0 amide bonds. The van der Waals surface area contributed by atoms with Crippen LogP contribution in [-0.4, -0.2) is 45.1 Å². The van der Waals surface area contributed by atoms with Gasteiger partial charge in [-0.25, -0.2) is 0 Å². The van der Waals surface area contributed by atoms with Crippen LogP contribution in [0.1, 0.15) is 20.8 Å². The second-order valence-electron chi connectivity index (χ2n) is 4.21. The van der Waals surface area contributed by atoms with Crippen molar-refractivity contribution in [2.24, 2.45) is 0 Å². The molecule has 0 aliphatic carbocycles. The van der Waals surface area contributed by atoms with Gasteiger partial charge in [0.1, 0.15) is 18.3 Å². The van der Waals surface area contributed by atoms with Crippen LogP contribution in [0.5, 0.6) is 0 Å². The van der Waals surface area contributed by atoms with Crippen molar-refractivity contribution in [3.8, 4) is 0 Å². The molecule has 1 fully saturated rings. The Kier molecular flexibility index (Phi) is 3.73. The van der Waals surface area contributed by atoms with Gasteiger partial charge in [0, 0.05) is 0 Å². The van der Waals surface area contributed by atoms with Crippen molar-refractivity contribution in [1.29, 1.82) is 0 Å². The van der Waals surface area contributed by atoms with Crippen molar-refractivity contribution in [2.75, 3.05) is 6.26 Å². The Morgan fingerprint density at radius 1 is 1.38 bits per heavy atom. The van der Waals surface area contributed by atoms with E-state index in [1.165, 1.54) is 6.92 Å². The zero-order valence-corrected chi connectivity index (χ0v) is 10.5. The SMILES string of the molecule is CC(OS(C)(=O)=O)[C@H]1OC(C)(C)O[C@H]1C=O. The number of carbonyl (C=O) groups excluding carboxylic acids is 1. The van der Waals surface area contributed by atoms with E-state index >= 15 is 0 Å². The van der Waals surface area contributed by atoms with Gasteiger partial charge in [0.25, 0.3) is 10.1 Å². The molecule has 3 atom stereocenters. The summed E-state index contributed by atoms with van der Waals surface area (Å²) in [6.45, 7) is 4.82. The lowest BCUT2D eigenvalue weighted by molar-refractivity contribution is -0.154. The van der Waals surface area contributed by atoms with Crippen LogP contribution in [-0.2, 0) is 28.6 Å². The Morgan fingerprint density at radius 2 is 1.94 bits per heavy atom. The highest BCUT2D eigenvalue weighted by Gasteiger charge is 2.45. The fourth-order valence-electron chi connectivity index (χ4n) is 1.62. The number of aldehydes is 1. The summed E-state index contributed by atoms with van der Waals surface area (Å²) in [7, 11) is -3.58. The highest BCUT2D eigenvalue weighted by atomic mass is 32.2. The second-order valence-corrected chi connectivity index (χ2v) is 5.81. The molecule has 0 aromatic heterocycles. The average Bonchev–Trinajstić information content (AvgIpc) is 2.38. The van der Waals surface area contributed by atoms with Crippen molar-refractivity contribution in [2.45, 2.75) is 44.9 Å². The van der Waals surface area contributed by atoms with Crippen molar-refractivity contribution >= 4 is 16.4 Å². The lowest BCUT2D eigenvalue weighted by atomic mass is 10.1. The molecular formula is C9H16O6S. The van der Waals surface area contributed by atoms with Gasteiger partial charge in [-0.3, -0.25) is 4.18 Å². The predicted octanol–water partition coefficient (Wildman–Crippen LogP) is 0.0701. The van der Waals surface area contributed by atoms with Gasteiger partial charge in [-0.15, -0.1) is 0 Å². The van der Waals surface area contributed by atoms with Crippen LogP contribution in [0.2, 0.25) is 0 Å². The van der Waals surface area contributed by atoms with Gasteiger partial charge in [-0.1, -0.05) is 0 Å². The van der Waals surface area contributed by atoms with E-state index in [4.69, 9.17) is 13.7 Å².